The summed E-state index contributed by atoms with van der Waals surface area (Å²) < 4.78 is 0. The molecule has 3 rings (SSSR count). The predicted octanol–water partition coefficient (Wildman–Crippen LogP) is 3.19. The lowest BCUT2D eigenvalue weighted by Gasteiger charge is -2.31. The number of nitrogens with zero attached hydrogens (tertiary/aromatic N) is 1. The molecular weight excluding hydrogens is 316 g/mol. The van der Waals surface area contributed by atoms with E-state index in [1.165, 1.54) is 0 Å². The van der Waals surface area contributed by atoms with Gasteiger partial charge in [0.2, 0.25) is 5.91 Å². The molecule has 2 aromatic carbocycles. The average molecular weight is 338 g/mol. The van der Waals surface area contributed by atoms with Gasteiger partial charge in [0.1, 0.15) is 5.75 Å². The standard InChI is InChI=1S/C20H22N2O3/c1-14-7-8-18(23)17(13-14)20(25)22-11-9-15(10-12-22)19(24)21-16-5-3-2-4-6-16/h2-8,13,15,23H,9-12H2,1H3,(H,21,24). The van der Waals surface area contributed by atoms with Crippen LogP contribution in [-0.2, 0) is 4.79 Å². The van der Waals surface area contributed by atoms with E-state index in [-0.39, 0.29) is 23.5 Å². The Morgan fingerprint density at radius 3 is 2.44 bits per heavy atom. The van der Waals surface area contributed by atoms with Gasteiger partial charge in [0.05, 0.1) is 5.56 Å². The van der Waals surface area contributed by atoms with Gasteiger partial charge in [0.25, 0.3) is 5.91 Å². The zero-order chi connectivity index (χ0) is 17.8. The highest BCUT2D eigenvalue weighted by Gasteiger charge is 2.28. The number of amides is 2. The summed E-state index contributed by atoms with van der Waals surface area (Å²) in [6.07, 6.45) is 1.24. The van der Waals surface area contributed by atoms with Crippen molar-refractivity contribution in [1.29, 1.82) is 0 Å². The number of para-hydroxylation sites is 1. The number of anilines is 1. The van der Waals surface area contributed by atoms with Gasteiger partial charge in [-0.1, -0.05) is 29.8 Å². The monoisotopic (exact) mass is 338 g/mol. The van der Waals surface area contributed by atoms with Crippen molar-refractivity contribution in [3.63, 3.8) is 0 Å². The van der Waals surface area contributed by atoms with E-state index in [0.29, 0.717) is 31.5 Å². The number of carbonyl (C=O) groups excluding carboxylic acids is 2. The molecule has 1 fully saturated rings. The van der Waals surface area contributed by atoms with Crippen LogP contribution >= 0.6 is 0 Å². The summed E-state index contributed by atoms with van der Waals surface area (Å²) in [5.74, 6) is -0.283. The minimum Gasteiger partial charge on any atom is -0.507 e. The zero-order valence-corrected chi connectivity index (χ0v) is 14.2. The van der Waals surface area contributed by atoms with E-state index in [2.05, 4.69) is 5.32 Å². The minimum atomic E-state index is -0.178. The van der Waals surface area contributed by atoms with Crippen LogP contribution in [0, 0.1) is 12.8 Å². The number of aryl methyl sites for hydroxylation is 1. The van der Waals surface area contributed by atoms with Crippen molar-refractivity contribution < 1.29 is 14.7 Å². The molecule has 5 nitrogen and oxygen atoms in total. The number of hydrogen-bond donors (Lipinski definition) is 2. The second-order valence-corrected chi connectivity index (χ2v) is 6.44. The number of nitrogens with one attached hydrogen (secondary N) is 1. The molecule has 5 heteroatoms. The van der Waals surface area contributed by atoms with Gasteiger partial charge in [-0.3, -0.25) is 9.59 Å². The van der Waals surface area contributed by atoms with Gasteiger partial charge in [-0.05, 0) is 44.0 Å². The maximum Gasteiger partial charge on any atom is 0.257 e. The summed E-state index contributed by atoms with van der Waals surface area (Å²) in [5, 5.41) is 12.9. The molecule has 2 amide bonds. The molecule has 1 aliphatic rings. The lowest BCUT2D eigenvalue weighted by Crippen LogP contribution is -2.41. The molecule has 0 bridgehead atoms. The lowest BCUT2D eigenvalue weighted by atomic mass is 9.95. The third kappa shape index (κ3) is 3.99. The lowest BCUT2D eigenvalue weighted by molar-refractivity contribution is -0.121. The molecule has 0 radical (unpaired) electrons. The molecule has 0 saturated carbocycles. The highest BCUT2D eigenvalue weighted by Crippen LogP contribution is 2.24. The van der Waals surface area contributed by atoms with E-state index in [9.17, 15) is 14.7 Å². The molecule has 2 N–H and O–H groups in total. The molecule has 2 aromatic rings. The Morgan fingerprint density at radius 1 is 1.08 bits per heavy atom. The van der Waals surface area contributed by atoms with Crippen LogP contribution in [0.25, 0.3) is 0 Å². The Hall–Kier alpha value is -2.82. The zero-order valence-electron chi connectivity index (χ0n) is 14.2. The smallest absolute Gasteiger partial charge is 0.257 e. The van der Waals surface area contributed by atoms with E-state index < -0.39 is 0 Å². The number of rotatable bonds is 3. The van der Waals surface area contributed by atoms with Crippen molar-refractivity contribution in [1.82, 2.24) is 4.90 Å². The van der Waals surface area contributed by atoms with Crippen LogP contribution in [-0.4, -0.2) is 34.9 Å². The molecule has 0 unspecified atom stereocenters. The Bertz CT molecular complexity index is 766. The van der Waals surface area contributed by atoms with Crippen LogP contribution in [0.15, 0.2) is 48.5 Å². The summed E-state index contributed by atoms with van der Waals surface area (Å²) in [5.41, 5.74) is 2.04. The van der Waals surface area contributed by atoms with Gasteiger partial charge in [0.15, 0.2) is 0 Å². The molecular formula is C20H22N2O3. The van der Waals surface area contributed by atoms with Gasteiger partial charge < -0.3 is 15.3 Å². The Balaban J connectivity index is 1.59. The van der Waals surface area contributed by atoms with Crippen molar-refractivity contribution in [2.45, 2.75) is 19.8 Å². The van der Waals surface area contributed by atoms with Crippen molar-refractivity contribution in [3.05, 3.63) is 59.7 Å². The van der Waals surface area contributed by atoms with Crippen molar-refractivity contribution in [3.8, 4) is 5.75 Å². The van der Waals surface area contributed by atoms with E-state index in [0.717, 1.165) is 11.3 Å². The highest BCUT2D eigenvalue weighted by molar-refractivity contribution is 5.97. The first-order chi connectivity index (χ1) is 12.0. The van der Waals surface area contributed by atoms with Crippen molar-refractivity contribution >= 4 is 17.5 Å². The van der Waals surface area contributed by atoms with Crippen LogP contribution < -0.4 is 5.32 Å². The van der Waals surface area contributed by atoms with Gasteiger partial charge >= 0.3 is 0 Å². The summed E-state index contributed by atoms with van der Waals surface area (Å²) in [7, 11) is 0. The minimum absolute atomic E-state index is 0.000422. The van der Waals surface area contributed by atoms with Gasteiger partial charge in [-0.25, -0.2) is 0 Å². The average Bonchev–Trinajstić information content (AvgIpc) is 2.64. The fourth-order valence-corrected chi connectivity index (χ4v) is 3.10. The number of benzene rings is 2. The first kappa shape index (κ1) is 17.0. The number of hydrogen-bond acceptors (Lipinski definition) is 3. The summed E-state index contributed by atoms with van der Waals surface area (Å²) >= 11 is 0. The second kappa shape index (κ2) is 7.38. The maximum atomic E-state index is 12.6. The van der Waals surface area contributed by atoms with Gasteiger partial charge in [-0.15, -0.1) is 0 Å². The summed E-state index contributed by atoms with van der Waals surface area (Å²) in [6.45, 7) is 2.91. The topological polar surface area (TPSA) is 69.6 Å². The van der Waals surface area contributed by atoms with Crippen molar-refractivity contribution in [2.75, 3.05) is 18.4 Å². The third-order valence-electron chi connectivity index (χ3n) is 4.58. The Kier molecular flexibility index (Phi) is 5.03. The summed E-state index contributed by atoms with van der Waals surface area (Å²) in [4.78, 5) is 26.7. The van der Waals surface area contributed by atoms with E-state index in [4.69, 9.17) is 0 Å². The fourth-order valence-electron chi connectivity index (χ4n) is 3.10. The van der Waals surface area contributed by atoms with Gasteiger partial charge in [-0.2, -0.15) is 0 Å². The molecule has 1 saturated heterocycles. The molecule has 0 atom stereocenters. The molecule has 1 aliphatic heterocycles. The molecule has 0 spiro atoms. The molecule has 0 aromatic heterocycles. The quantitative estimate of drug-likeness (QED) is 0.903. The van der Waals surface area contributed by atoms with E-state index in [1.54, 1.807) is 23.1 Å². The normalized spacial score (nSPS) is 15.0. The number of phenolic OH excluding ortho intramolecular Hbond substituents is 1. The van der Waals surface area contributed by atoms with Crippen molar-refractivity contribution in [2.24, 2.45) is 5.92 Å². The van der Waals surface area contributed by atoms with Crippen LogP contribution in [0.3, 0.4) is 0 Å². The summed E-state index contributed by atoms with van der Waals surface area (Å²) in [6, 6.07) is 14.4. The first-order valence-electron chi connectivity index (χ1n) is 8.49. The Labute approximate surface area is 147 Å². The first-order valence-corrected chi connectivity index (χ1v) is 8.49. The second-order valence-electron chi connectivity index (χ2n) is 6.44. The van der Waals surface area contributed by atoms with E-state index in [1.807, 2.05) is 37.3 Å². The predicted molar refractivity (Wildman–Crippen MR) is 96.5 cm³/mol. The Morgan fingerprint density at radius 2 is 1.76 bits per heavy atom. The number of phenols is 1. The van der Waals surface area contributed by atoms with Crippen LogP contribution in [0.2, 0.25) is 0 Å². The van der Waals surface area contributed by atoms with E-state index >= 15 is 0 Å². The number of likely N-dealkylation sites (tertiary alicyclic amines) is 1. The number of aromatic hydroxyl groups is 1. The van der Waals surface area contributed by atoms with Crippen LogP contribution in [0.1, 0.15) is 28.8 Å². The molecule has 25 heavy (non-hydrogen) atoms. The number of carbonyl (C=O) groups is 2. The maximum absolute atomic E-state index is 12.6. The molecule has 1 heterocycles. The fraction of sp³-hybridized carbons (Fsp3) is 0.300. The number of piperidine rings is 1. The SMILES string of the molecule is Cc1ccc(O)c(C(=O)N2CCC(C(=O)Nc3ccccc3)CC2)c1. The van der Waals surface area contributed by atoms with Crippen LogP contribution in [0.4, 0.5) is 5.69 Å². The van der Waals surface area contributed by atoms with Crippen LogP contribution in [0.5, 0.6) is 5.75 Å². The molecule has 130 valence electrons. The largest absolute Gasteiger partial charge is 0.507 e. The third-order valence-corrected chi connectivity index (χ3v) is 4.58. The molecule has 0 aliphatic carbocycles. The van der Waals surface area contributed by atoms with Gasteiger partial charge in [0, 0.05) is 24.7 Å². The highest BCUT2D eigenvalue weighted by atomic mass is 16.3.